The first-order valence-electron chi connectivity index (χ1n) is 8.73. The summed E-state index contributed by atoms with van der Waals surface area (Å²) in [5, 5.41) is 6.16. The van der Waals surface area contributed by atoms with Crippen LogP contribution in [0.5, 0.6) is 0 Å². The minimum absolute atomic E-state index is 0.190. The number of aryl methyl sites for hydroxylation is 1. The summed E-state index contributed by atoms with van der Waals surface area (Å²) in [7, 11) is 0. The highest BCUT2D eigenvalue weighted by Gasteiger charge is 2.13. The standard InChI is InChI=1S/C22H23N3O/c1-15(2)17-8-12-19(13-9-17)25-22(26)20-5-4-14-23-21(20)24-18-10-6-16(3)7-11-18/h4-15H,1-3H3,(H,23,24)(H,25,26). The van der Waals surface area contributed by atoms with E-state index in [1.165, 1.54) is 11.1 Å². The highest BCUT2D eigenvalue weighted by molar-refractivity contribution is 6.07. The third-order valence-corrected chi connectivity index (χ3v) is 4.20. The zero-order valence-electron chi connectivity index (χ0n) is 15.3. The molecule has 0 aliphatic carbocycles. The molecule has 2 N–H and O–H groups in total. The highest BCUT2D eigenvalue weighted by Crippen LogP contribution is 2.21. The van der Waals surface area contributed by atoms with E-state index in [0.29, 0.717) is 17.3 Å². The molecule has 1 amide bonds. The van der Waals surface area contributed by atoms with Crippen molar-refractivity contribution >= 4 is 23.1 Å². The van der Waals surface area contributed by atoms with Crippen molar-refractivity contribution in [2.75, 3.05) is 10.6 Å². The summed E-state index contributed by atoms with van der Waals surface area (Å²) in [6.45, 7) is 6.33. The Morgan fingerprint density at radius 3 is 2.23 bits per heavy atom. The number of benzene rings is 2. The Bertz CT molecular complexity index is 884. The first kappa shape index (κ1) is 17.7. The van der Waals surface area contributed by atoms with Crippen molar-refractivity contribution in [3.63, 3.8) is 0 Å². The molecule has 4 heteroatoms. The fraction of sp³-hybridized carbons (Fsp3) is 0.182. The first-order chi connectivity index (χ1) is 12.5. The zero-order valence-corrected chi connectivity index (χ0v) is 15.3. The Hall–Kier alpha value is -3.14. The Labute approximate surface area is 154 Å². The van der Waals surface area contributed by atoms with Crippen LogP contribution in [0.15, 0.2) is 66.9 Å². The van der Waals surface area contributed by atoms with Crippen LogP contribution >= 0.6 is 0 Å². The van der Waals surface area contributed by atoms with Crippen molar-refractivity contribution in [3.8, 4) is 0 Å². The molecule has 0 saturated carbocycles. The molecule has 3 aromatic rings. The number of rotatable bonds is 5. The molecule has 3 rings (SSSR count). The van der Waals surface area contributed by atoms with Crippen LogP contribution in [0, 0.1) is 6.92 Å². The summed E-state index contributed by atoms with van der Waals surface area (Å²) in [5.41, 5.74) is 4.58. The van der Waals surface area contributed by atoms with Gasteiger partial charge < -0.3 is 10.6 Å². The second-order valence-corrected chi connectivity index (χ2v) is 6.62. The van der Waals surface area contributed by atoms with Gasteiger partial charge in [0.2, 0.25) is 0 Å². The van der Waals surface area contributed by atoms with E-state index >= 15 is 0 Å². The number of nitrogens with one attached hydrogen (secondary N) is 2. The second kappa shape index (κ2) is 7.83. The summed E-state index contributed by atoms with van der Waals surface area (Å²) >= 11 is 0. The normalized spacial score (nSPS) is 10.6. The number of nitrogens with zero attached hydrogens (tertiary/aromatic N) is 1. The summed E-state index contributed by atoms with van der Waals surface area (Å²) < 4.78 is 0. The lowest BCUT2D eigenvalue weighted by Gasteiger charge is -2.12. The molecule has 0 aliphatic rings. The molecule has 1 heterocycles. The predicted molar refractivity (Wildman–Crippen MR) is 107 cm³/mol. The highest BCUT2D eigenvalue weighted by atomic mass is 16.1. The molecule has 4 nitrogen and oxygen atoms in total. The van der Waals surface area contributed by atoms with Crippen molar-refractivity contribution in [2.24, 2.45) is 0 Å². The van der Waals surface area contributed by atoms with Crippen LogP contribution in [0.2, 0.25) is 0 Å². The van der Waals surface area contributed by atoms with Crippen LogP contribution < -0.4 is 10.6 Å². The van der Waals surface area contributed by atoms with E-state index in [1.807, 2.05) is 55.5 Å². The number of amides is 1. The Kier molecular flexibility index (Phi) is 5.32. The van der Waals surface area contributed by atoms with Gasteiger partial charge in [-0.2, -0.15) is 0 Å². The van der Waals surface area contributed by atoms with Crippen LogP contribution in [0.25, 0.3) is 0 Å². The lowest BCUT2D eigenvalue weighted by molar-refractivity contribution is 0.102. The molecular formula is C22H23N3O. The molecule has 26 heavy (non-hydrogen) atoms. The molecule has 132 valence electrons. The quantitative estimate of drug-likeness (QED) is 0.641. The van der Waals surface area contributed by atoms with Crippen molar-refractivity contribution in [3.05, 3.63) is 83.6 Å². The summed E-state index contributed by atoms with van der Waals surface area (Å²) in [6.07, 6.45) is 1.67. The smallest absolute Gasteiger partial charge is 0.259 e. The minimum Gasteiger partial charge on any atom is -0.340 e. The molecule has 1 aromatic heterocycles. The van der Waals surface area contributed by atoms with E-state index in [4.69, 9.17) is 0 Å². The molecule has 0 atom stereocenters. The van der Waals surface area contributed by atoms with E-state index in [0.717, 1.165) is 11.4 Å². The summed E-state index contributed by atoms with van der Waals surface area (Å²) in [5.74, 6) is 0.807. The number of hydrogen-bond donors (Lipinski definition) is 2. The van der Waals surface area contributed by atoms with Crippen molar-refractivity contribution in [2.45, 2.75) is 26.7 Å². The average Bonchev–Trinajstić information content (AvgIpc) is 2.64. The van der Waals surface area contributed by atoms with E-state index in [-0.39, 0.29) is 5.91 Å². The number of anilines is 3. The Morgan fingerprint density at radius 2 is 1.58 bits per heavy atom. The van der Waals surface area contributed by atoms with Gasteiger partial charge in [0, 0.05) is 17.6 Å². The maximum absolute atomic E-state index is 12.7. The van der Waals surface area contributed by atoms with Gasteiger partial charge in [-0.15, -0.1) is 0 Å². The fourth-order valence-corrected chi connectivity index (χ4v) is 2.61. The average molecular weight is 345 g/mol. The van der Waals surface area contributed by atoms with Crippen LogP contribution in [-0.4, -0.2) is 10.9 Å². The maximum Gasteiger partial charge on any atom is 0.259 e. The Balaban J connectivity index is 1.78. The molecule has 0 aliphatic heterocycles. The van der Waals surface area contributed by atoms with Gasteiger partial charge in [0.25, 0.3) is 5.91 Å². The van der Waals surface area contributed by atoms with Crippen molar-refractivity contribution < 1.29 is 4.79 Å². The lowest BCUT2D eigenvalue weighted by Crippen LogP contribution is -2.14. The monoisotopic (exact) mass is 345 g/mol. The topological polar surface area (TPSA) is 54.0 Å². The maximum atomic E-state index is 12.7. The van der Waals surface area contributed by atoms with Crippen LogP contribution in [-0.2, 0) is 0 Å². The van der Waals surface area contributed by atoms with Gasteiger partial charge in [-0.1, -0.05) is 43.7 Å². The minimum atomic E-state index is -0.190. The number of pyridine rings is 1. The van der Waals surface area contributed by atoms with Gasteiger partial charge >= 0.3 is 0 Å². The third-order valence-electron chi connectivity index (χ3n) is 4.20. The second-order valence-electron chi connectivity index (χ2n) is 6.62. The predicted octanol–water partition coefficient (Wildman–Crippen LogP) is 5.51. The van der Waals surface area contributed by atoms with E-state index in [1.54, 1.807) is 18.3 Å². The number of hydrogen-bond acceptors (Lipinski definition) is 3. The lowest BCUT2D eigenvalue weighted by atomic mass is 10.0. The largest absolute Gasteiger partial charge is 0.340 e. The third kappa shape index (κ3) is 4.28. The van der Waals surface area contributed by atoms with Crippen LogP contribution in [0.1, 0.15) is 41.3 Å². The van der Waals surface area contributed by atoms with Crippen molar-refractivity contribution in [1.82, 2.24) is 4.98 Å². The van der Waals surface area contributed by atoms with Gasteiger partial charge in [0.05, 0.1) is 5.56 Å². The Morgan fingerprint density at radius 1 is 0.923 bits per heavy atom. The van der Waals surface area contributed by atoms with E-state index in [2.05, 4.69) is 29.5 Å². The molecule has 0 spiro atoms. The van der Waals surface area contributed by atoms with Crippen molar-refractivity contribution in [1.29, 1.82) is 0 Å². The SMILES string of the molecule is Cc1ccc(Nc2ncccc2C(=O)Nc2ccc(C(C)C)cc2)cc1. The number of carbonyl (C=O) groups is 1. The molecule has 2 aromatic carbocycles. The van der Waals surface area contributed by atoms with E-state index < -0.39 is 0 Å². The van der Waals surface area contributed by atoms with Gasteiger partial charge in [0.15, 0.2) is 0 Å². The van der Waals surface area contributed by atoms with Gasteiger partial charge in [-0.25, -0.2) is 4.98 Å². The van der Waals surface area contributed by atoms with Crippen LogP contribution in [0.3, 0.4) is 0 Å². The van der Waals surface area contributed by atoms with Gasteiger partial charge in [-0.05, 0) is 54.8 Å². The molecule has 0 fully saturated rings. The molecule has 0 unspecified atom stereocenters. The number of aromatic nitrogens is 1. The summed E-state index contributed by atoms with van der Waals surface area (Å²) in [6, 6.07) is 19.4. The first-order valence-corrected chi connectivity index (χ1v) is 8.73. The molecule has 0 bridgehead atoms. The number of carbonyl (C=O) groups excluding carboxylic acids is 1. The van der Waals surface area contributed by atoms with Crippen LogP contribution in [0.4, 0.5) is 17.2 Å². The zero-order chi connectivity index (χ0) is 18.5. The molecular weight excluding hydrogens is 322 g/mol. The fourth-order valence-electron chi connectivity index (χ4n) is 2.61. The van der Waals surface area contributed by atoms with Gasteiger partial charge in [0.1, 0.15) is 5.82 Å². The van der Waals surface area contributed by atoms with E-state index in [9.17, 15) is 4.79 Å². The van der Waals surface area contributed by atoms with Gasteiger partial charge in [-0.3, -0.25) is 4.79 Å². The summed E-state index contributed by atoms with van der Waals surface area (Å²) in [4.78, 5) is 17.0. The molecule has 0 radical (unpaired) electrons. The molecule has 0 saturated heterocycles.